The molecular formula is C16H13FIN5O4. The third-order valence-corrected chi connectivity index (χ3v) is 3.83. The normalized spacial score (nSPS) is 10.0. The van der Waals surface area contributed by atoms with E-state index >= 15 is 0 Å². The molecule has 1 aromatic heterocycles. The van der Waals surface area contributed by atoms with Gasteiger partial charge in [-0.1, -0.05) is 0 Å². The molecule has 0 atom stereocenters. The summed E-state index contributed by atoms with van der Waals surface area (Å²) < 4.78 is 14.8. The molecule has 0 radical (unpaired) electrons. The van der Waals surface area contributed by atoms with E-state index in [0.29, 0.717) is 3.57 Å². The number of carbonyl (C=O) groups excluding carboxylic acids is 2. The van der Waals surface area contributed by atoms with Crippen molar-refractivity contribution in [3.63, 3.8) is 0 Å². The van der Waals surface area contributed by atoms with Gasteiger partial charge in [0.05, 0.1) is 24.3 Å². The molecule has 0 aliphatic rings. The monoisotopic (exact) mass is 485 g/mol. The first kappa shape index (κ1) is 20.5. The van der Waals surface area contributed by atoms with E-state index in [1.807, 2.05) is 28.7 Å². The standard InChI is InChI=1S/C16H13FIN5O4/c17-12-7-9(18)1-4-13(12)21-15-11(3-2-10(8-19)20-15)16(25)23-27-6-5-14(24)22-26/h1-4,7,26H,5-6H2,(H,20,21)(H,22,24)(H,23,25). The summed E-state index contributed by atoms with van der Waals surface area (Å²) in [5, 5.41) is 20.1. The number of pyridine rings is 1. The van der Waals surface area contributed by atoms with E-state index < -0.39 is 17.6 Å². The first-order valence-corrected chi connectivity index (χ1v) is 8.50. The number of halogens is 2. The predicted molar refractivity (Wildman–Crippen MR) is 99.3 cm³/mol. The molecule has 1 heterocycles. The molecule has 0 fully saturated rings. The number of aromatic nitrogens is 1. The van der Waals surface area contributed by atoms with E-state index in [2.05, 4.69) is 15.8 Å². The fraction of sp³-hybridized carbons (Fsp3) is 0.125. The van der Waals surface area contributed by atoms with Crippen molar-refractivity contribution < 1.29 is 24.0 Å². The van der Waals surface area contributed by atoms with Gasteiger partial charge < -0.3 is 5.32 Å². The fourth-order valence-electron chi connectivity index (χ4n) is 1.89. The van der Waals surface area contributed by atoms with Crippen LogP contribution in [0.5, 0.6) is 0 Å². The van der Waals surface area contributed by atoms with Crippen LogP contribution in [0.4, 0.5) is 15.9 Å². The van der Waals surface area contributed by atoms with Crippen molar-refractivity contribution in [2.75, 3.05) is 11.9 Å². The molecule has 2 rings (SSSR count). The van der Waals surface area contributed by atoms with Gasteiger partial charge in [0.1, 0.15) is 23.4 Å². The first-order valence-electron chi connectivity index (χ1n) is 7.43. The largest absolute Gasteiger partial charge is 0.337 e. The van der Waals surface area contributed by atoms with Gasteiger partial charge in [-0.15, -0.1) is 0 Å². The van der Waals surface area contributed by atoms with Gasteiger partial charge >= 0.3 is 0 Å². The van der Waals surface area contributed by atoms with Gasteiger partial charge in [-0.25, -0.2) is 20.3 Å². The fourth-order valence-corrected chi connectivity index (χ4v) is 2.34. The van der Waals surface area contributed by atoms with Crippen LogP contribution in [-0.4, -0.2) is 28.6 Å². The smallest absolute Gasteiger partial charge is 0.278 e. The minimum absolute atomic E-state index is 0.00133. The Morgan fingerprint density at radius 2 is 2.11 bits per heavy atom. The third-order valence-electron chi connectivity index (χ3n) is 3.16. The molecule has 9 nitrogen and oxygen atoms in total. The van der Waals surface area contributed by atoms with Gasteiger partial charge in [-0.05, 0) is 52.9 Å². The number of amides is 2. The van der Waals surface area contributed by atoms with Crippen LogP contribution in [0.2, 0.25) is 0 Å². The number of nitriles is 1. The zero-order valence-corrected chi connectivity index (χ0v) is 15.8. The maximum absolute atomic E-state index is 14.1. The summed E-state index contributed by atoms with van der Waals surface area (Å²) in [4.78, 5) is 32.0. The van der Waals surface area contributed by atoms with Gasteiger partial charge in [0.2, 0.25) is 5.91 Å². The quantitative estimate of drug-likeness (QED) is 0.204. The number of nitrogens with zero attached hydrogens (tertiary/aromatic N) is 2. The van der Waals surface area contributed by atoms with E-state index in [9.17, 15) is 14.0 Å². The molecule has 0 saturated heterocycles. The molecule has 27 heavy (non-hydrogen) atoms. The zero-order valence-electron chi connectivity index (χ0n) is 13.6. The summed E-state index contributed by atoms with van der Waals surface area (Å²) >= 11 is 1.96. The third kappa shape index (κ3) is 5.84. The molecule has 0 aliphatic carbocycles. The van der Waals surface area contributed by atoms with Crippen LogP contribution in [0, 0.1) is 20.7 Å². The summed E-state index contributed by atoms with van der Waals surface area (Å²) in [6.45, 7) is -0.184. The maximum atomic E-state index is 14.1. The average molecular weight is 485 g/mol. The Morgan fingerprint density at radius 1 is 1.33 bits per heavy atom. The Kier molecular flexibility index (Phi) is 7.41. The molecule has 0 aliphatic heterocycles. The van der Waals surface area contributed by atoms with Crippen molar-refractivity contribution in [2.45, 2.75) is 6.42 Å². The predicted octanol–water partition coefficient (Wildman–Crippen LogP) is 2.00. The summed E-state index contributed by atoms with van der Waals surface area (Å²) in [5.74, 6) is -1.99. The minimum Gasteiger partial charge on any atom is -0.337 e. The maximum Gasteiger partial charge on any atom is 0.278 e. The number of hydrogen-bond acceptors (Lipinski definition) is 7. The van der Waals surface area contributed by atoms with Crippen LogP contribution in [0.25, 0.3) is 0 Å². The number of rotatable bonds is 7. The lowest BCUT2D eigenvalue weighted by molar-refractivity contribution is -0.130. The molecule has 0 bridgehead atoms. The van der Waals surface area contributed by atoms with Crippen LogP contribution < -0.4 is 16.3 Å². The molecule has 2 amide bonds. The number of anilines is 2. The molecule has 11 heteroatoms. The van der Waals surface area contributed by atoms with Crippen molar-refractivity contribution >= 4 is 45.9 Å². The number of carbonyl (C=O) groups is 2. The van der Waals surface area contributed by atoms with Crippen LogP contribution in [0.1, 0.15) is 22.5 Å². The number of benzene rings is 1. The van der Waals surface area contributed by atoms with E-state index in [-0.39, 0.29) is 35.8 Å². The van der Waals surface area contributed by atoms with Gasteiger partial charge in [0.25, 0.3) is 5.91 Å². The lowest BCUT2D eigenvalue weighted by atomic mass is 10.2. The second-order valence-corrected chi connectivity index (χ2v) is 6.26. The molecule has 0 saturated carbocycles. The van der Waals surface area contributed by atoms with E-state index in [1.165, 1.54) is 29.7 Å². The first-order chi connectivity index (χ1) is 12.9. The van der Waals surface area contributed by atoms with Crippen molar-refractivity contribution in [2.24, 2.45) is 0 Å². The van der Waals surface area contributed by atoms with Crippen LogP contribution in [0.15, 0.2) is 30.3 Å². The molecule has 2 aromatic rings. The van der Waals surface area contributed by atoms with Gasteiger partial charge in [-0.2, -0.15) is 5.26 Å². The van der Waals surface area contributed by atoms with Crippen LogP contribution in [0.3, 0.4) is 0 Å². The van der Waals surface area contributed by atoms with Crippen molar-refractivity contribution in [3.8, 4) is 6.07 Å². The summed E-state index contributed by atoms with van der Waals surface area (Å²) in [6, 6.07) is 8.93. The Bertz CT molecular complexity index is 903. The second-order valence-electron chi connectivity index (χ2n) is 5.02. The number of hydroxylamine groups is 2. The lowest BCUT2D eigenvalue weighted by Crippen LogP contribution is -2.27. The Hall–Kier alpha value is -2.82. The van der Waals surface area contributed by atoms with E-state index in [1.54, 1.807) is 6.07 Å². The van der Waals surface area contributed by atoms with Crippen LogP contribution >= 0.6 is 22.6 Å². The highest BCUT2D eigenvalue weighted by atomic mass is 127. The number of hydrogen-bond donors (Lipinski definition) is 4. The second kappa shape index (κ2) is 9.76. The molecule has 4 N–H and O–H groups in total. The summed E-state index contributed by atoms with van der Waals surface area (Å²) in [7, 11) is 0. The Balaban J connectivity index is 2.17. The topological polar surface area (TPSA) is 136 Å². The average Bonchev–Trinajstić information content (AvgIpc) is 2.66. The molecule has 1 aromatic carbocycles. The van der Waals surface area contributed by atoms with Gasteiger partial charge in [0.15, 0.2) is 0 Å². The summed E-state index contributed by atoms with van der Waals surface area (Å²) in [6.07, 6.45) is -0.179. The van der Waals surface area contributed by atoms with Crippen LogP contribution in [-0.2, 0) is 9.63 Å². The molecular weight excluding hydrogens is 472 g/mol. The Labute approximate surface area is 166 Å². The minimum atomic E-state index is -0.718. The molecule has 0 spiro atoms. The highest BCUT2D eigenvalue weighted by molar-refractivity contribution is 14.1. The Morgan fingerprint density at radius 3 is 2.78 bits per heavy atom. The van der Waals surface area contributed by atoms with E-state index in [4.69, 9.17) is 15.3 Å². The SMILES string of the molecule is N#Cc1ccc(C(=O)NOCCC(=O)NO)c(Nc2ccc(I)cc2F)n1. The zero-order chi connectivity index (χ0) is 19.8. The van der Waals surface area contributed by atoms with Crippen molar-refractivity contribution in [1.29, 1.82) is 5.26 Å². The lowest BCUT2D eigenvalue weighted by Gasteiger charge is -2.12. The van der Waals surface area contributed by atoms with Gasteiger partial charge in [-0.3, -0.25) is 19.6 Å². The van der Waals surface area contributed by atoms with Crippen molar-refractivity contribution in [3.05, 3.63) is 51.0 Å². The van der Waals surface area contributed by atoms with Gasteiger partial charge in [0, 0.05) is 3.57 Å². The highest BCUT2D eigenvalue weighted by Crippen LogP contribution is 2.23. The number of nitrogens with one attached hydrogen (secondary N) is 3. The summed E-state index contributed by atoms with van der Waals surface area (Å²) in [5.41, 5.74) is 3.64. The van der Waals surface area contributed by atoms with E-state index in [0.717, 1.165) is 0 Å². The van der Waals surface area contributed by atoms with Crippen molar-refractivity contribution in [1.82, 2.24) is 15.9 Å². The molecule has 0 unspecified atom stereocenters. The molecule has 140 valence electrons. The highest BCUT2D eigenvalue weighted by Gasteiger charge is 2.16.